The Labute approximate surface area is 117 Å². The van der Waals surface area contributed by atoms with Gasteiger partial charge in [-0.3, -0.25) is 0 Å². The highest BCUT2D eigenvalue weighted by atomic mass is 32.1. The van der Waals surface area contributed by atoms with Crippen LogP contribution in [0, 0.1) is 11.8 Å². The second kappa shape index (κ2) is 6.86. The maximum Gasteiger partial charge on any atom is 0.254 e. The standard InChI is InChI=1S/C14H16N3OS/c1-3-4-5-6-10-18-14-13(15-19-16-14)12-8-7-9-17(2)11-12/h7-9,11H,3,6,10H2,1-2H3/q+1. The molecule has 2 rings (SSSR count). The Morgan fingerprint density at radius 2 is 2.26 bits per heavy atom. The Morgan fingerprint density at radius 1 is 1.37 bits per heavy atom. The lowest BCUT2D eigenvalue weighted by Gasteiger charge is -2.01. The van der Waals surface area contributed by atoms with Gasteiger partial charge in [-0.15, -0.1) is 10.3 Å². The number of aryl methyl sites for hydroxylation is 1. The molecule has 19 heavy (non-hydrogen) atoms. The lowest BCUT2D eigenvalue weighted by molar-refractivity contribution is -0.671. The lowest BCUT2D eigenvalue weighted by atomic mass is 10.2. The van der Waals surface area contributed by atoms with E-state index in [-0.39, 0.29) is 0 Å². The Bertz CT molecular complexity index is 598. The Hall–Kier alpha value is -1.93. The Morgan fingerprint density at radius 3 is 3.05 bits per heavy atom. The second-order valence-corrected chi connectivity index (χ2v) is 4.51. The number of nitrogens with zero attached hydrogens (tertiary/aromatic N) is 3. The van der Waals surface area contributed by atoms with Crippen molar-refractivity contribution in [3.05, 3.63) is 24.5 Å². The average molecular weight is 274 g/mol. The van der Waals surface area contributed by atoms with Crippen molar-refractivity contribution in [2.75, 3.05) is 6.61 Å². The summed E-state index contributed by atoms with van der Waals surface area (Å²) in [5, 5.41) is 0. The minimum atomic E-state index is 0.546. The highest BCUT2D eigenvalue weighted by Crippen LogP contribution is 2.26. The highest BCUT2D eigenvalue weighted by molar-refractivity contribution is 6.99. The number of aromatic nitrogens is 3. The summed E-state index contributed by atoms with van der Waals surface area (Å²) >= 11 is 1.16. The number of ether oxygens (including phenoxy) is 1. The van der Waals surface area contributed by atoms with Crippen LogP contribution in [0.4, 0.5) is 0 Å². The van der Waals surface area contributed by atoms with Crippen molar-refractivity contribution < 1.29 is 9.30 Å². The molecule has 4 nitrogen and oxygen atoms in total. The van der Waals surface area contributed by atoms with E-state index in [0.29, 0.717) is 18.9 Å². The van der Waals surface area contributed by atoms with Crippen LogP contribution in [0.2, 0.25) is 0 Å². The third-order valence-corrected chi connectivity index (χ3v) is 2.95. The van der Waals surface area contributed by atoms with Gasteiger partial charge in [-0.1, -0.05) is 12.8 Å². The van der Waals surface area contributed by atoms with Gasteiger partial charge in [0.15, 0.2) is 18.1 Å². The molecular formula is C14H16N3OS+. The summed E-state index contributed by atoms with van der Waals surface area (Å²) < 4.78 is 16.1. The zero-order chi connectivity index (χ0) is 13.5. The fourth-order valence-corrected chi connectivity index (χ4v) is 2.11. The predicted octanol–water partition coefficient (Wildman–Crippen LogP) is 2.21. The lowest BCUT2D eigenvalue weighted by Crippen LogP contribution is -2.26. The predicted molar refractivity (Wildman–Crippen MR) is 74.7 cm³/mol. The molecule has 0 unspecified atom stereocenters. The zero-order valence-corrected chi connectivity index (χ0v) is 11.9. The first-order valence-corrected chi connectivity index (χ1v) is 6.91. The molecule has 2 aromatic rings. The van der Waals surface area contributed by atoms with Crippen molar-refractivity contribution >= 4 is 11.7 Å². The van der Waals surface area contributed by atoms with Crippen molar-refractivity contribution in [2.45, 2.75) is 19.8 Å². The molecule has 2 heterocycles. The van der Waals surface area contributed by atoms with Gasteiger partial charge >= 0.3 is 0 Å². The van der Waals surface area contributed by atoms with E-state index in [0.717, 1.165) is 29.4 Å². The molecule has 0 bridgehead atoms. The van der Waals surface area contributed by atoms with Crippen LogP contribution in [0.25, 0.3) is 11.3 Å². The smallest absolute Gasteiger partial charge is 0.254 e. The fourth-order valence-electron chi connectivity index (χ4n) is 1.59. The van der Waals surface area contributed by atoms with E-state index in [1.165, 1.54) is 0 Å². The van der Waals surface area contributed by atoms with Gasteiger partial charge in [0.2, 0.25) is 0 Å². The van der Waals surface area contributed by atoms with Crippen LogP contribution in [-0.2, 0) is 7.05 Å². The van der Waals surface area contributed by atoms with E-state index >= 15 is 0 Å². The van der Waals surface area contributed by atoms with E-state index in [1.807, 2.05) is 43.1 Å². The van der Waals surface area contributed by atoms with Gasteiger partial charge in [-0.05, 0) is 6.07 Å². The van der Waals surface area contributed by atoms with E-state index in [4.69, 9.17) is 4.74 Å². The first-order chi connectivity index (χ1) is 9.31. The zero-order valence-electron chi connectivity index (χ0n) is 11.1. The molecule has 0 spiro atoms. The monoisotopic (exact) mass is 274 g/mol. The van der Waals surface area contributed by atoms with Gasteiger partial charge < -0.3 is 4.74 Å². The number of hydrogen-bond donors (Lipinski definition) is 0. The third kappa shape index (κ3) is 3.76. The number of hydrogen-bond acceptors (Lipinski definition) is 4. The minimum absolute atomic E-state index is 0.546. The molecule has 0 aromatic carbocycles. The number of pyridine rings is 1. The Kier molecular flexibility index (Phi) is 4.87. The largest absolute Gasteiger partial charge is 0.474 e. The van der Waals surface area contributed by atoms with Crippen LogP contribution < -0.4 is 9.30 Å². The fraction of sp³-hybridized carbons (Fsp3) is 0.357. The van der Waals surface area contributed by atoms with Gasteiger partial charge in [-0.25, -0.2) is 4.57 Å². The van der Waals surface area contributed by atoms with Gasteiger partial charge in [0, 0.05) is 18.9 Å². The first kappa shape index (κ1) is 13.5. The summed E-state index contributed by atoms with van der Waals surface area (Å²) in [5.74, 6) is 6.65. The molecule has 2 aromatic heterocycles. The van der Waals surface area contributed by atoms with Crippen LogP contribution in [0.15, 0.2) is 24.5 Å². The second-order valence-electron chi connectivity index (χ2n) is 3.98. The first-order valence-electron chi connectivity index (χ1n) is 6.18. The van der Waals surface area contributed by atoms with Crippen molar-refractivity contribution in [3.8, 4) is 29.0 Å². The van der Waals surface area contributed by atoms with Crippen LogP contribution in [0.3, 0.4) is 0 Å². The van der Waals surface area contributed by atoms with E-state index in [9.17, 15) is 0 Å². The molecule has 0 radical (unpaired) electrons. The molecule has 0 saturated heterocycles. The molecule has 0 saturated carbocycles. The molecule has 98 valence electrons. The molecule has 0 atom stereocenters. The van der Waals surface area contributed by atoms with Crippen molar-refractivity contribution in [2.24, 2.45) is 7.05 Å². The average Bonchev–Trinajstić information content (AvgIpc) is 2.87. The molecule has 0 aliphatic rings. The van der Waals surface area contributed by atoms with Crippen molar-refractivity contribution in [1.29, 1.82) is 0 Å². The highest BCUT2D eigenvalue weighted by Gasteiger charge is 2.13. The van der Waals surface area contributed by atoms with Crippen LogP contribution in [0.1, 0.15) is 19.8 Å². The van der Waals surface area contributed by atoms with Gasteiger partial charge in [0.1, 0.15) is 13.7 Å². The maximum absolute atomic E-state index is 5.64. The molecule has 0 amide bonds. The topological polar surface area (TPSA) is 38.9 Å². The molecule has 5 heteroatoms. The maximum atomic E-state index is 5.64. The SMILES string of the molecule is CCC#CCCOc1nsnc1-c1ccc[n+](C)c1. The van der Waals surface area contributed by atoms with E-state index in [2.05, 4.69) is 20.6 Å². The van der Waals surface area contributed by atoms with Crippen LogP contribution in [0.5, 0.6) is 5.88 Å². The summed E-state index contributed by atoms with van der Waals surface area (Å²) in [6, 6.07) is 3.98. The third-order valence-electron chi connectivity index (χ3n) is 2.44. The normalized spacial score (nSPS) is 9.79. The van der Waals surface area contributed by atoms with Gasteiger partial charge in [0.05, 0.1) is 17.3 Å². The Balaban J connectivity index is 2.05. The summed E-state index contributed by atoms with van der Waals surface area (Å²) in [4.78, 5) is 0. The van der Waals surface area contributed by atoms with Crippen LogP contribution >= 0.6 is 11.7 Å². The van der Waals surface area contributed by atoms with Crippen molar-refractivity contribution in [3.63, 3.8) is 0 Å². The summed E-state index contributed by atoms with van der Waals surface area (Å²) in [6.07, 6.45) is 5.57. The molecule has 0 N–H and O–H groups in total. The van der Waals surface area contributed by atoms with E-state index in [1.54, 1.807) is 0 Å². The minimum Gasteiger partial charge on any atom is -0.474 e. The quantitative estimate of drug-likeness (QED) is 0.487. The molecule has 0 fully saturated rings. The molecule has 0 aliphatic carbocycles. The van der Waals surface area contributed by atoms with Gasteiger partial charge in [-0.2, -0.15) is 4.37 Å². The molecule has 0 aliphatic heterocycles. The summed E-state index contributed by atoms with van der Waals surface area (Å²) in [6.45, 7) is 2.58. The van der Waals surface area contributed by atoms with Crippen LogP contribution in [-0.4, -0.2) is 15.4 Å². The molecular weight excluding hydrogens is 258 g/mol. The van der Waals surface area contributed by atoms with Crippen molar-refractivity contribution in [1.82, 2.24) is 8.75 Å². The number of rotatable bonds is 4. The van der Waals surface area contributed by atoms with Gasteiger partial charge in [0.25, 0.3) is 5.88 Å². The summed E-state index contributed by atoms with van der Waals surface area (Å²) in [7, 11) is 1.98. The summed E-state index contributed by atoms with van der Waals surface area (Å²) in [5.41, 5.74) is 1.80. The van der Waals surface area contributed by atoms with E-state index < -0.39 is 0 Å².